The average Bonchev–Trinajstić information content (AvgIpc) is 3.42. The fraction of sp³-hybridized carbons (Fsp3) is 0.729. The van der Waals surface area contributed by atoms with E-state index >= 15 is 0 Å². The molecule has 0 spiro atoms. The first kappa shape index (κ1) is 72.3. The van der Waals surface area contributed by atoms with Crippen LogP contribution < -0.4 is 0 Å². The molecule has 0 aliphatic rings. The topological polar surface area (TPSA) is 78.9 Å². The first-order valence-corrected chi connectivity index (χ1v) is 32.2. The molecule has 1 atom stereocenters. The van der Waals surface area contributed by atoms with Gasteiger partial charge in [-0.25, -0.2) is 0 Å². The van der Waals surface area contributed by atoms with Crippen molar-refractivity contribution >= 4 is 17.9 Å². The Hall–Kier alpha value is -3.67. The van der Waals surface area contributed by atoms with Crippen molar-refractivity contribution in [2.24, 2.45) is 0 Å². The molecule has 0 fully saturated rings. The third-order valence-electron chi connectivity index (χ3n) is 13.8. The second-order valence-corrected chi connectivity index (χ2v) is 21.3. The van der Waals surface area contributed by atoms with Crippen LogP contribution in [-0.4, -0.2) is 37.2 Å². The van der Waals surface area contributed by atoms with Crippen molar-refractivity contribution in [3.63, 3.8) is 0 Å². The molecule has 0 rings (SSSR count). The van der Waals surface area contributed by atoms with Crippen LogP contribution in [0.5, 0.6) is 0 Å². The van der Waals surface area contributed by atoms with E-state index in [0.29, 0.717) is 19.3 Å². The predicted octanol–water partition coefficient (Wildman–Crippen LogP) is 22.0. The first-order valence-electron chi connectivity index (χ1n) is 32.2. The lowest BCUT2D eigenvalue weighted by Crippen LogP contribution is -2.30. The molecule has 0 bridgehead atoms. The van der Waals surface area contributed by atoms with E-state index in [4.69, 9.17) is 14.2 Å². The minimum Gasteiger partial charge on any atom is -0.462 e. The van der Waals surface area contributed by atoms with Crippen molar-refractivity contribution < 1.29 is 28.6 Å². The third-order valence-corrected chi connectivity index (χ3v) is 13.8. The molecule has 0 N–H and O–H groups in total. The minimum absolute atomic E-state index is 0.105. The molecule has 0 aliphatic carbocycles. The van der Waals surface area contributed by atoms with Crippen molar-refractivity contribution in [3.8, 4) is 0 Å². The standard InChI is InChI=1S/C70H120O6/c1-4-7-10-13-16-18-20-22-24-26-28-29-30-31-32-33-34-35-36-37-38-39-40-41-43-44-46-48-50-52-54-57-60-63-69(72)75-66-67(65-74-68(71)62-59-56-15-12-9-6-3)76-70(73)64-61-58-55-53-51-49-47-45-42-27-25-23-21-19-17-14-11-8-5-2/h8,11,17,19-20,22-23,25-26,28,42,45,49,51,55,58,67H,4-7,9-10,12-16,18,21,24,27,29-41,43-44,46-48,50,52-54,56-57,59-66H2,1-3H3/b11-8-,19-17-,22-20-,25-23-,28-26-,45-42-,51-49-,58-55-. The molecular weight excluding hydrogens is 937 g/mol. The zero-order valence-electron chi connectivity index (χ0n) is 50.0. The molecule has 0 heterocycles. The summed E-state index contributed by atoms with van der Waals surface area (Å²) >= 11 is 0. The molecule has 0 aromatic carbocycles. The molecule has 0 saturated heterocycles. The number of carbonyl (C=O) groups is 3. The smallest absolute Gasteiger partial charge is 0.306 e. The van der Waals surface area contributed by atoms with Gasteiger partial charge in [-0.1, -0.05) is 298 Å². The Bertz CT molecular complexity index is 1490. The van der Waals surface area contributed by atoms with Gasteiger partial charge in [-0.15, -0.1) is 0 Å². The van der Waals surface area contributed by atoms with E-state index in [-0.39, 0.29) is 31.6 Å². The van der Waals surface area contributed by atoms with Crippen LogP contribution >= 0.6 is 0 Å². The van der Waals surface area contributed by atoms with Gasteiger partial charge < -0.3 is 14.2 Å². The maximum absolute atomic E-state index is 12.8. The Morgan fingerprint density at radius 3 is 0.855 bits per heavy atom. The van der Waals surface area contributed by atoms with Gasteiger partial charge in [0.25, 0.3) is 0 Å². The van der Waals surface area contributed by atoms with Crippen molar-refractivity contribution in [1.29, 1.82) is 0 Å². The van der Waals surface area contributed by atoms with Gasteiger partial charge in [-0.3, -0.25) is 14.4 Å². The highest BCUT2D eigenvalue weighted by Crippen LogP contribution is 2.17. The summed E-state index contributed by atoms with van der Waals surface area (Å²) in [7, 11) is 0. The molecule has 1 unspecified atom stereocenters. The van der Waals surface area contributed by atoms with E-state index in [1.54, 1.807) is 0 Å². The maximum atomic E-state index is 12.8. The van der Waals surface area contributed by atoms with E-state index in [9.17, 15) is 14.4 Å². The van der Waals surface area contributed by atoms with E-state index < -0.39 is 12.1 Å². The van der Waals surface area contributed by atoms with Crippen LogP contribution in [0.4, 0.5) is 0 Å². The number of carbonyl (C=O) groups excluding carboxylic acids is 3. The normalized spacial score (nSPS) is 12.7. The summed E-state index contributed by atoms with van der Waals surface area (Å²) in [6.07, 6.45) is 86.3. The van der Waals surface area contributed by atoms with Crippen LogP contribution in [0.15, 0.2) is 97.2 Å². The Morgan fingerprint density at radius 2 is 0.539 bits per heavy atom. The molecule has 76 heavy (non-hydrogen) atoms. The van der Waals surface area contributed by atoms with Gasteiger partial charge in [0.2, 0.25) is 0 Å². The van der Waals surface area contributed by atoms with Crippen molar-refractivity contribution in [2.45, 2.75) is 316 Å². The van der Waals surface area contributed by atoms with Crippen molar-refractivity contribution in [2.75, 3.05) is 13.2 Å². The summed E-state index contributed by atoms with van der Waals surface area (Å²) in [4.78, 5) is 37.9. The number of esters is 3. The highest BCUT2D eigenvalue weighted by atomic mass is 16.6. The van der Waals surface area contributed by atoms with Crippen LogP contribution in [0, 0.1) is 0 Å². The second kappa shape index (κ2) is 63.9. The molecule has 0 radical (unpaired) electrons. The quantitative estimate of drug-likeness (QED) is 0.0261. The van der Waals surface area contributed by atoms with Crippen molar-refractivity contribution in [1.82, 2.24) is 0 Å². The van der Waals surface area contributed by atoms with Crippen LogP contribution in [0.1, 0.15) is 310 Å². The summed E-state index contributed by atoms with van der Waals surface area (Å²) in [6, 6.07) is 0. The number of allylic oxidation sites excluding steroid dienone is 16. The van der Waals surface area contributed by atoms with Gasteiger partial charge in [0.05, 0.1) is 0 Å². The van der Waals surface area contributed by atoms with Gasteiger partial charge in [-0.05, 0) is 89.9 Å². The van der Waals surface area contributed by atoms with Crippen LogP contribution in [0.3, 0.4) is 0 Å². The molecule has 436 valence electrons. The highest BCUT2D eigenvalue weighted by molar-refractivity contribution is 5.71. The fourth-order valence-electron chi connectivity index (χ4n) is 9.03. The molecule has 0 aromatic rings. The maximum Gasteiger partial charge on any atom is 0.306 e. The van der Waals surface area contributed by atoms with Gasteiger partial charge in [0.1, 0.15) is 13.2 Å². The number of ether oxygens (including phenoxy) is 3. The van der Waals surface area contributed by atoms with E-state index in [2.05, 4.69) is 112 Å². The predicted molar refractivity (Wildman–Crippen MR) is 330 cm³/mol. The van der Waals surface area contributed by atoms with E-state index in [0.717, 1.165) is 83.5 Å². The molecule has 0 amide bonds. The lowest BCUT2D eigenvalue weighted by molar-refractivity contribution is -0.166. The molecule has 6 nitrogen and oxygen atoms in total. The molecule has 0 saturated carbocycles. The summed E-state index contributed by atoms with van der Waals surface area (Å²) < 4.78 is 16.7. The Kier molecular flexibility index (Phi) is 60.8. The number of hydrogen-bond acceptors (Lipinski definition) is 6. The summed E-state index contributed by atoms with van der Waals surface area (Å²) in [5.74, 6) is -0.993. The molecular formula is C70H120O6. The van der Waals surface area contributed by atoms with Crippen LogP contribution in [0.2, 0.25) is 0 Å². The Labute approximate surface area is 470 Å². The average molecular weight is 1060 g/mol. The third kappa shape index (κ3) is 61.2. The fourth-order valence-corrected chi connectivity index (χ4v) is 9.03. The monoisotopic (exact) mass is 1060 g/mol. The highest BCUT2D eigenvalue weighted by Gasteiger charge is 2.19. The molecule has 0 aromatic heterocycles. The molecule has 6 heteroatoms. The summed E-state index contributed by atoms with van der Waals surface area (Å²) in [5, 5.41) is 0. The van der Waals surface area contributed by atoms with Gasteiger partial charge in [0.15, 0.2) is 6.10 Å². The van der Waals surface area contributed by atoms with Crippen molar-refractivity contribution in [3.05, 3.63) is 97.2 Å². The minimum atomic E-state index is -0.814. The second-order valence-electron chi connectivity index (χ2n) is 21.3. The Morgan fingerprint density at radius 1 is 0.276 bits per heavy atom. The summed E-state index contributed by atoms with van der Waals surface area (Å²) in [5.41, 5.74) is 0. The zero-order chi connectivity index (χ0) is 55.0. The van der Waals surface area contributed by atoms with Gasteiger partial charge in [0, 0.05) is 19.3 Å². The van der Waals surface area contributed by atoms with Crippen LogP contribution in [-0.2, 0) is 28.6 Å². The number of rotatable bonds is 58. The Balaban J connectivity index is 4.05. The SMILES string of the molecule is CC/C=C\C/C=C\C/C=C\C/C=C\C/C=C\C/C=C\CCC(=O)OC(COC(=O)CCCCCCCC)COC(=O)CCCCCCCCCCCCCCCCCCCCCCC/C=C\C/C=C\CCCCCCC. The lowest BCUT2D eigenvalue weighted by Gasteiger charge is -2.18. The summed E-state index contributed by atoms with van der Waals surface area (Å²) in [6.45, 7) is 6.41. The van der Waals surface area contributed by atoms with Crippen LogP contribution in [0.25, 0.3) is 0 Å². The van der Waals surface area contributed by atoms with Gasteiger partial charge in [-0.2, -0.15) is 0 Å². The van der Waals surface area contributed by atoms with E-state index in [1.165, 1.54) is 180 Å². The number of unbranched alkanes of at least 4 members (excludes halogenated alkanes) is 31. The largest absolute Gasteiger partial charge is 0.462 e. The zero-order valence-corrected chi connectivity index (χ0v) is 50.0. The number of hydrogen-bond donors (Lipinski definition) is 0. The van der Waals surface area contributed by atoms with Gasteiger partial charge >= 0.3 is 17.9 Å². The first-order chi connectivity index (χ1) is 37.5. The molecule has 0 aliphatic heterocycles. The lowest BCUT2D eigenvalue weighted by atomic mass is 10.0. The van der Waals surface area contributed by atoms with E-state index in [1.807, 2.05) is 6.08 Å².